The first-order chi connectivity index (χ1) is 17.9. The molecule has 4 fully saturated rings. The third-order valence-electron chi connectivity index (χ3n) is 11.3. The minimum atomic E-state index is -0.904. The van der Waals surface area contributed by atoms with Gasteiger partial charge in [-0.2, -0.15) is 0 Å². The third kappa shape index (κ3) is 4.48. The van der Waals surface area contributed by atoms with Crippen LogP contribution in [0.1, 0.15) is 85.0 Å². The molecule has 0 aliphatic heterocycles. The third-order valence-corrected chi connectivity index (χ3v) is 11.3. The molecule has 0 spiro atoms. The second-order valence-corrected chi connectivity index (χ2v) is 13.6. The van der Waals surface area contributed by atoms with E-state index in [1.54, 1.807) is 12.2 Å². The van der Waals surface area contributed by atoms with Crippen molar-refractivity contribution in [2.75, 3.05) is 6.61 Å². The van der Waals surface area contributed by atoms with Gasteiger partial charge in [-0.15, -0.1) is 0 Å². The normalized spacial score (nSPS) is 41.1. The highest BCUT2D eigenvalue weighted by Crippen LogP contribution is 2.67. The molecule has 2 N–H and O–H groups in total. The van der Waals surface area contributed by atoms with Crippen LogP contribution in [0.15, 0.2) is 23.8 Å². The number of carbonyl (C=O) groups excluding carboxylic acids is 3. The lowest BCUT2D eigenvalue weighted by atomic mass is 9.46. The number of allylic oxidation sites excluding steroid dienone is 4. The van der Waals surface area contributed by atoms with Gasteiger partial charge in [0.05, 0.1) is 18.9 Å². The number of aliphatic hydroxyl groups excluding tert-OH is 1. The Morgan fingerprint density at radius 2 is 1.84 bits per heavy atom. The zero-order valence-corrected chi connectivity index (χ0v) is 22.9. The number of rotatable bonds is 7. The average molecular weight is 527 g/mol. The van der Waals surface area contributed by atoms with Gasteiger partial charge in [0.25, 0.3) is 0 Å². The zero-order chi connectivity index (χ0) is 27.5. The molecule has 7 nitrogen and oxygen atoms in total. The number of hydrogen-bond acceptors (Lipinski definition) is 6. The zero-order valence-electron chi connectivity index (χ0n) is 22.9. The molecule has 0 aromatic carbocycles. The van der Waals surface area contributed by atoms with E-state index in [-0.39, 0.29) is 71.4 Å². The van der Waals surface area contributed by atoms with Gasteiger partial charge in [0, 0.05) is 17.3 Å². The highest BCUT2D eigenvalue weighted by Gasteiger charge is 2.64. The first-order valence-corrected chi connectivity index (χ1v) is 14.4. The molecule has 0 aromatic heterocycles. The van der Waals surface area contributed by atoms with E-state index >= 15 is 0 Å². The van der Waals surface area contributed by atoms with E-state index in [9.17, 15) is 29.4 Å². The van der Waals surface area contributed by atoms with Crippen molar-refractivity contribution >= 4 is 23.5 Å². The van der Waals surface area contributed by atoms with Gasteiger partial charge in [-0.3, -0.25) is 19.2 Å². The number of carboxylic acids is 1. The van der Waals surface area contributed by atoms with E-state index in [1.165, 1.54) is 0 Å². The van der Waals surface area contributed by atoms with Crippen molar-refractivity contribution in [3.05, 3.63) is 23.8 Å². The van der Waals surface area contributed by atoms with Crippen molar-refractivity contribution in [1.29, 1.82) is 0 Å². The van der Waals surface area contributed by atoms with Gasteiger partial charge in [-0.1, -0.05) is 45.3 Å². The summed E-state index contributed by atoms with van der Waals surface area (Å²) < 4.78 is 5.50. The number of carbonyl (C=O) groups is 4. The minimum Gasteiger partial charge on any atom is -0.481 e. The molecule has 5 rings (SSSR count). The average Bonchev–Trinajstić information content (AvgIpc) is 3.37. The van der Waals surface area contributed by atoms with E-state index in [0.29, 0.717) is 19.3 Å². The molecule has 0 bridgehead atoms. The molecule has 8 atom stereocenters. The molecule has 208 valence electrons. The maximum Gasteiger partial charge on any atom is 0.306 e. The van der Waals surface area contributed by atoms with Gasteiger partial charge in [-0.05, 0) is 79.3 Å². The first-order valence-electron chi connectivity index (χ1n) is 14.4. The van der Waals surface area contributed by atoms with Gasteiger partial charge in [0.2, 0.25) is 0 Å². The van der Waals surface area contributed by atoms with Crippen molar-refractivity contribution < 1.29 is 34.1 Å². The maximum atomic E-state index is 13.6. The summed E-state index contributed by atoms with van der Waals surface area (Å²) in [5, 5.41) is 20.9. The second kappa shape index (κ2) is 9.72. The van der Waals surface area contributed by atoms with Crippen LogP contribution in [-0.4, -0.2) is 46.4 Å². The van der Waals surface area contributed by atoms with Crippen LogP contribution in [0, 0.1) is 45.8 Å². The van der Waals surface area contributed by atoms with Crippen molar-refractivity contribution in [1.82, 2.24) is 0 Å². The minimum absolute atomic E-state index is 0.0145. The largest absolute Gasteiger partial charge is 0.481 e. The number of esters is 1. The molecule has 38 heavy (non-hydrogen) atoms. The summed E-state index contributed by atoms with van der Waals surface area (Å²) in [5.74, 6) is -1.11. The molecule has 0 amide bonds. The lowest BCUT2D eigenvalue weighted by Crippen LogP contribution is -2.56. The number of ether oxygens (including phenoxy) is 1. The Morgan fingerprint density at radius 1 is 1.13 bits per heavy atom. The molecule has 0 saturated heterocycles. The van der Waals surface area contributed by atoms with Gasteiger partial charge in [0.15, 0.2) is 11.6 Å². The van der Waals surface area contributed by atoms with Crippen LogP contribution >= 0.6 is 0 Å². The monoisotopic (exact) mass is 526 g/mol. The summed E-state index contributed by atoms with van der Waals surface area (Å²) in [7, 11) is 0. The Bertz CT molecular complexity index is 1080. The van der Waals surface area contributed by atoms with E-state index in [1.807, 2.05) is 6.08 Å². The molecule has 4 saturated carbocycles. The van der Waals surface area contributed by atoms with Crippen LogP contribution in [0.2, 0.25) is 0 Å². The summed E-state index contributed by atoms with van der Waals surface area (Å²) in [5.41, 5.74) is -0.174. The van der Waals surface area contributed by atoms with Gasteiger partial charge in [-0.25, -0.2) is 0 Å². The Kier molecular flexibility index (Phi) is 6.98. The van der Waals surface area contributed by atoms with Crippen LogP contribution in [0.3, 0.4) is 0 Å². The van der Waals surface area contributed by atoms with E-state index in [2.05, 4.69) is 20.8 Å². The fraction of sp³-hybridized carbons (Fsp3) is 0.742. The van der Waals surface area contributed by atoms with Crippen molar-refractivity contribution in [2.45, 2.75) is 91.1 Å². The molecule has 5 aliphatic carbocycles. The van der Waals surface area contributed by atoms with Crippen LogP contribution in [-0.2, 0) is 23.9 Å². The standard InChI is InChI=1S/C31H42O7/c1-18-12-22-21-7-6-19-13-20(32)8-11-29(19,2)28(21)23(33)14-30(22,3)27(18)24(34)17-38-26(37)16-31(15-25(35)36)9-4-5-10-31/h8,11,13,18,21-23,27-28,33H,4-7,9-10,12,14-17H2,1-3H3,(H,35,36)/t18-,21?,22?,23?,27?,28?,29?,30?/m1/s1. The van der Waals surface area contributed by atoms with Gasteiger partial charge < -0.3 is 14.9 Å². The van der Waals surface area contributed by atoms with E-state index in [0.717, 1.165) is 37.7 Å². The lowest BCUT2D eigenvalue weighted by molar-refractivity contribution is -0.156. The molecule has 7 unspecified atom stereocenters. The molecule has 0 heterocycles. The molecule has 0 radical (unpaired) electrons. The Labute approximate surface area is 225 Å². The molecule has 5 aliphatic rings. The molecule has 0 aromatic rings. The summed E-state index contributed by atoms with van der Waals surface area (Å²) in [6, 6.07) is 0. The van der Waals surface area contributed by atoms with Gasteiger partial charge >= 0.3 is 11.9 Å². The fourth-order valence-corrected chi connectivity index (χ4v) is 9.84. The number of aliphatic carboxylic acids is 1. The predicted octanol–water partition coefficient (Wildman–Crippen LogP) is 4.66. The number of fused-ring (bicyclic) bond motifs is 5. The SMILES string of the molecule is C[C@@H]1CC2C3CCC4=CC(=O)C=CC4(C)C3C(O)CC2(C)C1C(=O)COC(=O)CC1(CC(=O)O)CCCC1. The Morgan fingerprint density at radius 3 is 2.53 bits per heavy atom. The number of ketones is 2. The topological polar surface area (TPSA) is 118 Å². The highest BCUT2D eigenvalue weighted by atomic mass is 16.5. The maximum absolute atomic E-state index is 13.6. The van der Waals surface area contributed by atoms with Crippen LogP contribution < -0.4 is 0 Å². The van der Waals surface area contributed by atoms with Gasteiger partial charge in [0.1, 0.15) is 6.61 Å². The van der Waals surface area contributed by atoms with Crippen LogP contribution in [0.4, 0.5) is 0 Å². The van der Waals surface area contributed by atoms with Crippen molar-refractivity contribution in [3.8, 4) is 0 Å². The van der Waals surface area contributed by atoms with Crippen molar-refractivity contribution in [3.63, 3.8) is 0 Å². The number of hydrogen-bond donors (Lipinski definition) is 2. The summed E-state index contributed by atoms with van der Waals surface area (Å²) in [4.78, 5) is 49.8. The van der Waals surface area contributed by atoms with E-state index in [4.69, 9.17) is 4.74 Å². The van der Waals surface area contributed by atoms with E-state index < -0.39 is 23.5 Å². The summed E-state index contributed by atoms with van der Waals surface area (Å²) >= 11 is 0. The summed E-state index contributed by atoms with van der Waals surface area (Å²) in [6.45, 7) is 6.09. The van der Waals surface area contributed by atoms with Crippen LogP contribution in [0.5, 0.6) is 0 Å². The summed E-state index contributed by atoms with van der Waals surface area (Å²) in [6.07, 6.45) is 11.1. The number of carboxylic acid groups (broad SMARTS) is 1. The Hall–Kier alpha value is -2.28. The van der Waals surface area contributed by atoms with Crippen molar-refractivity contribution in [2.24, 2.45) is 45.8 Å². The Balaban J connectivity index is 1.29. The fourth-order valence-electron chi connectivity index (χ4n) is 9.84. The predicted molar refractivity (Wildman–Crippen MR) is 140 cm³/mol. The molecule has 7 heteroatoms. The first kappa shape index (κ1) is 27.3. The number of aliphatic hydroxyl groups is 1. The lowest BCUT2D eigenvalue weighted by Gasteiger charge is -2.58. The second-order valence-electron chi connectivity index (χ2n) is 13.6. The van der Waals surface area contributed by atoms with Crippen LogP contribution in [0.25, 0.3) is 0 Å². The highest BCUT2D eigenvalue weighted by molar-refractivity contribution is 6.01. The number of Topliss-reactive ketones (excluding diaryl/α,β-unsaturated/α-hetero) is 1. The molecular formula is C31H42O7. The smallest absolute Gasteiger partial charge is 0.306 e. The quantitative estimate of drug-likeness (QED) is 0.463. The molecular weight excluding hydrogens is 484 g/mol.